The van der Waals surface area contributed by atoms with E-state index in [1.54, 1.807) is 19.3 Å². The minimum Gasteiger partial charge on any atom is -0.352 e. The standard InChI is InChI=1S/C9H12N2O2/c1-3-10-8(12)7-5-4-6-11(2)9(7)13/h4-6H,3H2,1-2H3,(H,10,12). The van der Waals surface area contributed by atoms with Gasteiger partial charge >= 0.3 is 0 Å². The van der Waals surface area contributed by atoms with Gasteiger partial charge in [-0.15, -0.1) is 0 Å². The van der Waals surface area contributed by atoms with Crippen LogP contribution in [0.4, 0.5) is 0 Å². The summed E-state index contributed by atoms with van der Waals surface area (Å²) in [7, 11) is 1.62. The van der Waals surface area contributed by atoms with E-state index in [1.807, 2.05) is 6.92 Å². The zero-order valence-electron chi connectivity index (χ0n) is 7.70. The maximum absolute atomic E-state index is 11.4. The number of nitrogens with one attached hydrogen (secondary N) is 1. The number of nitrogens with zero attached hydrogens (tertiary/aromatic N) is 1. The van der Waals surface area contributed by atoms with Crippen LogP contribution in [0.1, 0.15) is 17.3 Å². The molecular weight excluding hydrogens is 168 g/mol. The predicted molar refractivity (Wildman–Crippen MR) is 49.7 cm³/mol. The minimum atomic E-state index is -0.316. The molecule has 0 saturated heterocycles. The number of carbonyl (C=O) groups is 1. The molecule has 70 valence electrons. The Kier molecular flexibility index (Phi) is 2.84. The van der Waals surface area contributed by atoms with E-state index in [0.29, 0.717) is 6.54 Å². The third-order valence-corrected chi connectivity index (χ3v) is 1.71. The highest BCUT2D eigenvalue weighted by Crippen LogP contribution is 1.90. The highest BCUT2D eigenvalue weighted by atomic mass is 16.2. The Hall–Kier alpha value is -1.58. The molecule has 0 fully saturated rings. The summed E-state index contributed by atoms with van der Waals surface area (Å²) in [5, 5.41) is 2.58. The zero-order chi connectivity index (χ0) is 9.84. The summed E-state index contributed by atoms with van der Waals surface area (Å²) < 4.78 is 1.38. The van der Waals surface area contributed by atoms with Gasteiger partial charge in [-0.1, -0.05) is 0 Å². The maximum atomic E-state index is 11.4. The van der Waals surface area contributed by atoms with E-state index in [0.717, 1.165) is 0 Å². The molecule has 13 heavy (non-hydrogen) atoms. The number of pyridine rings is 1. The van der Waals surface area contributed by atoms with E-state index in [4.69, 9.17) is 0 Å². The fraction of sp³-hybridized carbons (Fsp3) is 0.333. The number of rotatable bonds is 2. The molecule has 1 rings (SSSR count). The molecule has 1 amide bonds. The molecule has 1 heterocycles. The van der Waals surface area contributed by atoms with Crippen LogP contribution in [0.3, 0.4) is 0 Å². The number of hydrogen-bond acceptors (Lipinski definition) is 2. The van der Waals surface area contributed by atoms with E-state index in [-0.39, 0.29) is 17.0 Å². The van der Waals surface area contributed by atoms with Crippen LogP contribution in [0, 0.1) is 0 Å². The van der Waals surface area contributed by atoms with Crippen molar-refractivity contribution in [1.82, 2.24) is 9.88 Å². The molecule has 1 N–H and O–H groups in total. The first-order chi connectivity index (χ1) is 6.16. The summed E-state index contributed by atoms with van der Waals surface area (Å²) in [6.45, 7) is 2.34. The molecule has 0 atom stereocenters. The molecule has 4 heteroatoms. The lowest BCUT2D eigenvalue weighted by Crippen LogP contribution is -2.31. The summed E-state index contributed by atoms with van der Waals surface area (Å²) in [5.74, 6) is -0.316. The van der Waals surface area contributed by atoms with Crippen LogP contribution in [0.5, 0.6) is 0 Å². The van der Waals surface area contributed by atoms with Gasteiger partial charge in [-0.2, -0.15) is 0 Å². The van der Waals surface area contributed by atoms with E-state index < -0.39 is 0 Å². The number of aromatic nitrogens is 1. The fourth-order valence-corrected chi connectivity index (χ4v) is 1.03. The number of carbonyl (C=O) groups excluding carboxylic acids is 1. The quantitative estimate of drug-likeness (QED) is 0.703. The lowest BCUT2D eigenvalue weighted by atomic mass is 10.2. The second-order valence-electron chi connectivity index (χ2n) is 2.70. The molecule has 1 aromatic rings. The van der Waals surface area contributed by atoms with Crippen LogP contribution in [0.25, 0.3) is 0 Å². The molecule has 0 bridgehead atoms. The van der Waals surface area contributed by atoms with Crippen LogP contribution >= 0.6 is 0 Å². The Bertz CT molecular complexity index is 368. The third-order valence-electron chi connectivity index (χ3n) is 1.71. The first kappa shape index (κ1) is 9.51. The van der Waals surface area contributed by atoms with Crippen LogP contribution in [-0.2, 0) is 7.05 Å². The molecular formula is C9H12N2O2. The van der Waals surface area contributed by atoms with Gasteiger partial charge in [0.25, 0.3) is 11.5 Å². The summed E-state index contributed by atoms with van der Waals surface area (Å²) in [4.78, 5) is 22.7. The van der Waals surface area contributed by atoms with Gasteiger partial charge in [0.15, 0.2) is 0 Å². The van der Waals surface area contributed by atoms with Gasteiger partial charge in [-0.05, 0) is 19.1 Å². The topological polar surface area (TPSA) is 51.1 Å². The zero-order valence-corrected chi connectivity index (χ0v) is 7.70. The monoisotopic (exact) mass is 180 g/mol. The Morgan fingerprint density at radius 3 is 2.92 bits per heavy atom. The fourth-order valence-electron chi connectivity index (χ4n) is 1.03. The lowest BCUT2D eigenvalue weighted by molar-refractivity contribution is 0.0954. The lowest BCUT2D eigenvalue weighted by Gasteiger charge is -2.02. The Morgan fingerprint density at radius 1 is 1.62 bits per heavy atom. The Balaban J connectivity index is 3.08. The first-order valence-corrected chi connectivity index (χ1v) is 4.10. The molecule has 0 unspecified atom stereocenters. The van der Waals surface area contributed by atoms with Crippen molar-refractivity contribution in [2.24, 2.45) is 7.05 Å². The number of hydrogen-bond donors (Lipinski definition) is 1. The molecule has 0 aromatic carbocycles. The Labute approximate surface area is 76.2 Å². The van der Waals surface area contributed by atoms with Crippen LogP contribution in [0.15, 0.2) is 23.1 Å². The van der Waals surface area contributed by atoms with Crippen molar-refractivity contribution < 1.29 is 4.79 Å². The van der Waals surface area contributed by atoms with E-state index >= 15 is 0 Å². The summed E-state index contributed by atoms with van der Waals surface area (Å²) in [6.07, 6.45) is 1.62. The highest BCUT2D eigenvalue weighted by molar-refractivity contribution is 5.93. The van der Waals surface area contributed by atoms with Crippen LogP contribution in [-0.4, -0.2) is 17.0 Å². The van der Waals surface area contributed by atoms with E-state index in [9.17, 15) is 9.59 Å². The van der Waals surface area contributed by atoms with Crippen molar-refractivity contribution >= 4 is 5.91 Å². The molecule has 0 spiro atoms. The normalized spacial score (nSPS) is 9.69. The van der Waals surface area contributed by atoms with Gasteiger partial charge in [0, 0.05) is 19.8 Å². The first-order valence-electron chi connectivity index (χ1n) is 4.10. The second kappa shape index (κ2) is 3.89. The average molecular weight is 180 g/mol. The van der Waals surface area contributed by atoms with E-state index in [1.165, 1.54) is 10.6 Å². The third kappa shape index (κ3) is 1.96. The van der Waals surface area contributed by atoms with Crippen molar-refractivity contribution in [1.29, 1.82) is 0 Å². The van der Waals surface area contributed by atoms with Crippen molar-refractivity contribution in [3.63, 3.8) is 0 Å². The Morgan fingerprint density at radius 2 is 2.31 bits per heavy atom. The van der Waals surface area contributed by atoms with Crippen LogP contribution in [0.2, 0.25) is 0 Å². The number of amides is 1. The van der Waals surface area contributed by atoms with Gasteiger partial charge in [-0.25, -0.2) is 0 Å². The number of aryl methyl sites for hydroxylation is 1. The van der Waals surface area contributed by atoms with Crippen molar-refractivity contribution in [3.05, 3.63) is 34.2 Å². The van der Waals surface area contributed by atoms with Gasteiger partial charge < -0.3 is 9.88 Å². The molecule has 1 aromatic heterocycles. The average Bonchev–Trinajstić information content (AvgIpc) is 2.10. The molecule has 4 nitrogen and oxygen atoms in total. The van der Waals surface area contributed by atoms with Gasteiger partial charge in [0.2, 0.25) is 0 Å². The van der Waals surface area contributed by atoms with Crippen molar-refractivity contribution in [2.45, 2.75) is 6.92 Å². The molecule has 0 aliphatic rings. The van der Waals surface area contributed by atoms with Crippen molar-refractivity contribution in [3.8, 4) is 0 Å². The predicted octanol–water partition coefficient (Wildman–Crippen LogP) is 0.135. The summed E-state index contributed by atoms with van der Waals surface area (Å²) >= 11 is 0. The smallest absolute Gasteiger partial charge is 0.263 e. The SMILES string of the molecule is CCNC(=O)c1cccn(C)c1=O. The van der Waals surface area contributed by atoms with Gasteiger partial charge in [0.05, 0.1) is 0 Å². The minimum absolute atomic E-state index is 0.187. The highest BCUT2D eigenvalue weighted by Gasteiger charge is 2.08. The molecule has 0 radical (unpaired) electrons. The van der Waals surface area contributed by atoms with Gasteiger partial charge in [0.1, 0.15) is 5.56 Å². The summed E-state index contributed by atoms with van der Waals surface area (Å²) in [5.41, 5.74) is -0.0831. The second-order valence-corrected chi connectivity index (χ2v) is 2.70. The molecule has 0 aliphatic heterocycles. The molecule has 0 aliphatic carbocycles. The van der Waals surface area contributed by atoms with Gasteiger partial charge in [-0.3, -0.25) is 9.59 Å². The van der Waals surface area contributed by atoms with Crippen molar-refractivity contribution in [2.75, 3.05) is 6.54 Å². The van der Waals surface area contributed by atoms with Crippen LogP contribution < -0.4 is 10.9 Å². The summed E-state index contributed by atoms with van der Waals surface area (Å²) in [6, 6.07) is 3.19. The maximum Gasteiger partial charge on any atom is 0.263 e. The molecule has 0 saturated carbocycles. The largest absolute Gasteiger partial charge is 0.352 e. The van der Waals surface area contributed by atoms with E-state index in [2.05, 4.69) is 5.32 Å².